The van der Waals surface area contributed by atoms with E-state index in [0.717, 1.165) is 18.0 Å². The van der Waals surface area contributed by atoms with E-state index in [-0.39, 0.29) is 0 Å². The van der Waals surface area contributed by atoms with Crippen LogP contribution in [0.5, 0.6) is 0 Å². The number of hydrogen-bond donors (Lipinski definition) is 0. The van der Waals surface area contributed by atoms with E-state index in [1.807, 2.05) is 0 Å². The molecular weight excluding hydrogens is 258 g/mol. The van der Waals surface area contributed by atoms with Gasteiger partial charge in [-0.25, -0.2) is 0 Å². The number of hydrogen-bond acceptors (Lipinski definition) is 3. The standard InChI is InChI=1S/C18H37N3/c1-15(2)19(5)14-17-6-10-21(11-7-17)18-8-12-20(13-9-18)16(3)4/h15-18H,6-14H2,1-5H3. The molecule has 124 valence electrons. The molecule has 0 spiro atoms. The fourth-order valence-corrected chi connectivity index (χ4v) is 3.89. The van der Waals surface area contributed by atoms with Gasteiger partial charge in [-0.2, -0.15) is 0 Å². The largest absolute Gasteiger partial charge is 0.304 e. The molecule has 0 radical (unpaired) electrons. The molecule has 0 aromatic heterocycles. The minimum Gasteiger partial charge on any atom is -0.304 e. The highest BCUT2D eigenvalue weighted by atomic mass is 15.2. The minimum atomic E-state index is 0.684. The molecule has 0 atom stereocenters. The van der Waals surface area contributed by atoms with Crippen LogP contribution in [-0.2, 0) is 0 Å². The molecule has 3 heteroatoms. The molecule has 21 heavy (non-hydrogen) atoms. The van der Waals surface area contributed by atoms with Crippen molar-refractivity contribution < 1.29 is 0 Å². The number of piperidine rings is 2. The van der Waals surface area contributed by atoms with Gasteiger partial charge in [-0.1, -0.05) is 0 Å². The molecule has 0 unspecified atom stereocenters. The second kappa shape index (κ2) is 7.94. The summed E-state index contributed by atoms with van der Waals surface area (Å²) in [5.41, 5.74) is 0. The van der Waals surface area contributed by atoms with Gasteiger partial charge in [0, 0.05) is 24.7 Å². The van der Waals surface area contributed by atoms with Crippen molar-refractivity contribution in [3.8, 4) is 0 Å². The SMILES string of the molecule is CC(C)N(C)CC1CCN(C2CCN(C(C)C)CC2)CC1. The van der Waals surface area contributed by atoms with Crippen molar-refractivity contribution in [3.05, 3.63) is 0 Å². The van der Waals surface area contributed by atoms with Crippen molar-refractivity contribution in [2.75, 3.05) is 39.8 Å². The van der Waals surface area contributed by atoms with Crippen molar-refractivity contribution >= 4 is 0 Å². The normalized spacial score (nSPS) is 24.6. The van der Waals surface area contributed by atoms with E-state index in [9.17, 15) is 0 Å². The minimum absolute atomic E-state index is 0.684. The van der Waals surface area contributed by atoms with Crippen LogP contribution in [0.3, 0.4) is 0 Å². The lowest BCUT2D eigenvalue weighted by atomic mass is 9.92. The third-order valence-electron chi connectivity index (χ3n) is 5.82. The third-order valence-corrected chi connectivity index (χ3v) is 5.82. The quantitative estimate of drug-likeness (QED) is 0.772. The number of likely N-dealkylation sites (tertiary alicyclic amines) is 2. The molecule has 0 aromatic rings. The van der Waals surface area contributed by atoms with Crippen molar-refractivity contribution in [2.24, 2.45) is 5.92 Å². The molecule has 3 nitrogen and oxygen atoms in total. The van der Waals surface area contributed by atoms with Gasteiger partial charge in [0.2, 0.25) is 0 Å². The second-order valence-corrected chi connectivity index (χ2v) is 7.87. The first-order valence-corrected chi connectivity index (χ1v) is 9.15. The van der Waals surface area contributed by atoms with E-state index < -0.39 is 0 Å². The molecule has 0 bridgehead atoms. The van der Waals surface area contributed by atoms with Crippen LogP contribution in [0, 0.1) is 5.92 Å². The third kappa shape index (κ3) is 4.94. The lowest BCUT2D eigenvalue weighted by Crippen LogP contribution is -2.49. The van der Waals surface area contributed by atoms with Gasteiger partial charge in [-0.3, -0.25) is 0 Å². The van der Waals surface area contributed by atoms with Crippen molar-refractivity contribution in [2.45, 2.75) is 71.5 Å². The topological polar surface area (TPSA) is 9.72 Å². The zero-order valence-electron chi connectivity index (χ0n) is 15.0. The van der Waals surface area contributed by atoms with E-state index in [0.29, 0.717) is 6.04 Å². The Hall–Kier alpha value is -0.120. The highest BCUT2D eigenvalue weighted by Gasteiger charge is 2.29. The van der Waals surface area contributed by atoms with Gasteiger partial charge in [-0.15, -0.1) is 0 Å². The van der Waals surface area contributed by atoms with Crippen LogP contribution in [0.4, 0.5) is 0 Å². The Morgan fingerprint density at radius 1 is 0.905 bits per heavy atom. The van der Waals surface area contributed by atoms with Crippen LogP contribution in [0.15, 0.2) is 0 Å². The van der Waals surface area contributed by atoms with Gasteiger partial charge in [0.15, 0.2) is 0 Å². The summed E-state index contributed by atoms with van der Waals surface area (Å²) >= 11 is 0. The molecule has 2 aliphatic heterocycles. The van der Waals surface area contributed by atoms with Crippen molar-refractivity contribution in [1.29, 1.82) is 0 Å². The summed E-state index contributed by atoms with van der Waals surface area (Å²) in [5, 5.41) is 0. The molecular formula is C18H37N3. The Labute approximate surface area is 132 Å². The Morgan fingerprint density at radius 2 is 1.48 bits per heavy atom. The van der Waals surface area contributed by atoms with Crippen molar-refractivity contribution in [3.63, 3.8) is 0 Å². The summed E-state index contributed by atoms with van der Waals surface area (Å²) in [6, 6.07) is 2.27. The van der Waals surface area contributed by atoms with Crippen LogP contribution in [0.1, 0.15) is 53.4 Å². The molecule has 2 rings (SSSR count). The molecule has 2 aliphatic rings. The van der Waals surface area contributed by atoms with E-state index in [4.69, 9.17) is 0 Å². The summed E-state index contributed by atoms with van der Waals surface area (Å²) < 4.78 is 0. The van der Waals surface area contributed by atoms with Gasteiger partial charge in [0.25, 0.3) is 0 Å². The Bertz CT molecular complexity index is 287. The van der Waals surface area contributed by atoms with Gasteiger partial charge >= 0.3 is 0 Å². The first-order chi connectivity index (χ1) is 9.97. The summed E-state index contributed by atoms with van der Waals surface area (Å²) in [7, 11) is 2.28. The predicted octanol–water partition coefficient (Wildman–Crippen LogP) is 2.91. The molecule has 0 aromatic carbocycles. The lowest BCUT2D eigenvalue weighted by molar-refractivity contribution is 0.0600. The maximum absolute atomic E-state index is 2.80. The van der Waals surface area contributed by atoms with E-state index >= 15 is 0 Å². The van der Waals surface area contributed by atoms with Gasteiger partial charge in [-0.05, 0) is 92.5 Å². The molecule has 0 saturated carbocycles. The zero-order chi connectivity index (χ0) is 15.4. The maximum Gasteiger partial charge on any atom is 0.0120 e. The summed E-state index contributed by atoms with van der Waals surface area (Å²) in [6.07, 6.45) is 5.58. The number of rotatable bonds is 5. The molecule has 0 aliphatic carbocycles. The van der Waals surface area contributed by atoms with Crippen LogP contribution >= 0.6 is 0 Å². The molecule has 2 saturated heterocycles. The zero-order valence-corrected chi connectivity index (χ0v) is 15.0. The van der Waals surface area contributed by atoms with Gasteiger partial charge < -0.3 is 14.7 Å². The lowest BCUT2D eigenvalue weighted by Gasteiger charge is -2.43. The summed E-state index contributed by atoms with van der Waals surface area (Å²) in [4.78, 5) is 7.95. The highest BCUT2D eigenvalue weighted by Crippen LogP contribution is 2.25. The van der Waals surface area contributed by atoms with Crippen LogP contribution in [-0.4, -0.2) is 72.6 Å². The van der Waals surface area contributed by atoms with E-state index in [1.54, 1.807) is 0 Å². The Balaban J connectivity index is 1.70. The van der Waals surface area contributed by atoms with Crippen LogP contribution < -0.4 is 0 Å². The second-order valence-electron chi connectivity index (χ2n) is 7.87. The Morgan fingerprint density at radius 3 is 1.95 bits per heavy atom. The van der Waals surface area contributed by atoms with Gasteiger partial charge in [0.05, 0.1) is 0 Å². The average molecular weight is 296 g/mol. The maximum atomic E-state index is 2.80. The summed E-state index contributed by atoms with van der Waals surface area (Å²) in [5.74, 6) is 0.921. The smallest absolute Gasteiger partial charge is 0.0120 e. The van der Waals surface area contributed by atoms with E-state index in [2.05, 4.69) is 49.4 Å². The molecule has 0 N–H and O–H groups in total. The first-order valence-electron chi connectivity index (χ1n) is 9.15. The highest BCUT2D eigenvalue weighted by molar-refractivity contribution is 4.84. The summed E-state index contributed by atoms with van der Waals surface area (Å²) in [6.45, 7) is 15.8. The first kappa shape index (κ1) is 17.2. The van der Waals surface area contributed by atoms with Crippen molar-refractivity contribution in [1.82, 2.24) is 14.7 Å². The Kier molecular flexibility index (Phi) is 6.51. The van der Waals surface area contributed by atoms with Crippen LogP contribution in [0.2, 0.25) is 0 Å². The molecule has 0 amide bonds. The average Bonchev–Trinajstić information content (AvgIpc) is 2.48. The molecule has 2 fully saturated rings. The number of nitrogens with zero attached hydrogens (tertiary/aromatic N) is 3. The molecule has 2 heterocycles. The predicted molar refractivity (Wildman–Crippen MR) is 91.8 cm³/mol. The van der Waals surface area contributed by atoms with Gasteiger partial charge in [0.1, 0.15) is 0 Å². The van der Waals surface area contributed by atoms with Crippen LogP contribution in [0.25, 0.3) is 0 Å². The fourth-order valence-electron chi connectivity index (χ4n) is 3.89. The monoisotopic (exact) mass is 295 g/mol. The van der Waals surface area contributed by atoms with E-state index in [1.165, 1.54) is 58.4 Å². The fraction of sp³-hybridized carbons (Fsp3) is 1.00.